The Morgan fingerprint density at radius 2 is 2.14 bits per heavy atom. The predicted octanol–water partition coefficient (Wildman–Crippen LogP) is 1.58. The molecule has 0 radical (unpaired) electrons. The maximum absolute atomic E-state index is 12.4. The van der Waals surface area contributed by atoms with Gasteiger partial charge in [0, 0.05) is 31.9 Å². The molecule has 1 aliphatic heterocycles. The average molecular weight is 291 g/mol. The summed E-state index contributed by atoms with van der Waals surface area (Å²) in [4.78, 5) is 30.2. The van der Waals surface area contributed by atoms with Crippen molar-refractivity contribution in [3.05, 3.63) is 18.2 Å². The van der Waals surface area contributed by atoms with Crippen molar-refractivity contribution in [2.45, 2.75) is 44.7 Å². The van der Waals surface area contributed by atoms with Gasteiger partial charge in [-0.15, -0.1) is 0 Å². The maximum atomic E-state index is 12.4. The minimum atomic E-state index is -0.844. The fourth-order valence-corrected chi connectivity index (χ4v) is 3.43. The molecule has 3 atom stereocenters. The quantitative estimate of drug-likeness (QED) is 0.914. The Bertz CT molecular complexity index is 564. The van der Waals surface area contributed by atoms with Gasteiger partial charge >= 0.3 is 5.97 Å². The maximum Gasteiger partial charge on any atom is 0.309 e. The molecule has 3 rings (SSSR count). The molecule has 2 fully saturated rings. The Morgan fingerprint density at radius 3 is 2.67 bits per heavy atom. The molecule has 1 N–H and O–H groups in total. The zero-order valence-corrected chi connectivity index (χ0v) is 12.4. The summed E-state index contributed by atoms with van der Waals surface area (Å²) in [6, 6.07) is -0.374. The Morgan fingerprint density at radius 1 is 1.43 bits per heavy atom. The van der Waals surface area contributed by atoms with Gasteiger partial charge in [-0.1, -0.05) is 0 Å². The Hall–Kier alpha value is -1.85. The predicted molar refractivity (Wildman–Crippen MR) is 75.3 cm³/mol. The molecule has 1 saturated heterocycles. The molecule has 0 aromatic carbocycles. The Labute approximate surface area is 123 Å². The van der Waals surface area contributed by atoms with E-state index < -0.39 is 17.9 Å². The van der Waals surface area contributed by atoms with Crippen molar-refractivity contribution in [3.63, 3.8) is 0 Å². The van der Waals surface area contributed by atoms with Crippen LogP contribution in [0.1, 0.15) is 44.5 Å². The van der Waals surface area contributed by atoms with E-state index in [0.717, 1.165) is 12.8 Å². The summed E-state index contributed by atoms with van der Waals surface area (Å²) in [6.45, 7) is 2.04. The first-order chi connectivity index (χ1) is 10.0. The lowest BCUT2D eigenvalue weighted by Gasteiger charge is -2.42. The van der Waals surface area contributed by atoms with Crippen molar-refractivity contribution in [1.29, 1.82) is 0 Å². The Kier molecular flexibility index (Phi) is 3.47. The standard InChI is InChI=1S/C15H21N3O3/c1-9(10-3-4-10)18-12(19)6-5-11(15(20)21)13(18)14-16-7-8-17(14)2/h7-11,13H,3-6H2,1-2H3,(H,20,21)/t9?,11-,13-/m0/s1. The molecule has 114 valence electrons. The van der Waals surface area contributed by atoms with Crippen molar-refractivity contribution in [2.75, 3.05) is 0 Å². The van der Waals surface area contributed by atoms with E-state index >= 15 is 0 Å². The van der Waals surface area contributed by atoms with E-state index in [-0.39, 0.29) is 11.9 Å². The number of hydrogen-bond donors (Lipinski definition) is 1. The fourth-order valence-electron chi connectivity index (χ4n) is 3.43. The number of carbonyl (C=O) groups is 2. The minimum Gasteiger partial charge on any atom is -0.481 e. The summed E-state index contributed by atoms with van der Waals surface area (Å²) in [7, 11) is 1.85. The minimum absolute atomic E-state index is 0.0555. The number of rotatable bonds is 4. The number of amides is 1. The third-order valence-corrected chi connectivity index (χ3v) is 4.82. The van der Waals surface area contributed by atoms with Crippen LogP contribution in [0.2, 0.25) is 0 Å². The van der Waals surface area contributed by atoms with Gasteiger partial charge in [-0.25, -0.2) is 4.98 Å². The summed E-state index contributed by atoms with van der Waals surface area (Å²) in [5.41, 5.74) is 0. The van der Waals surface area contributed by atoms with Crippen LogP contribution < -0.4 is 0 Å². The van der Waals surface area contributed by atoms with E-state index in [2.05, 4.69) is 4.98 Å². The van der Waals surface area contributed by atoms with Gasteiger partial charge in [0.25, 0.3) is 0 Å². The fraction of sp³-hybridized carbons (Fsp3) is 0.667. The lowest BCUT2D eigenvalue weighted by molar-refractivity contribution is -0.154. The van der Waals surface area contributed by atoms with Crippen molar-refractivity contribution in [2.24, 2.45) is 18.9 Å². The number of aliphatic carboxylic acids is 1. The van der Waals surface area contributed by atoms with Crippen molar-refractivity contribution in [1.82, 2.24) is 14.5 Å². The van der Waals surface area contributed by atoms with E-state index in [4.69, 9.17) is 0 Å². The molecule has 6 nitrogen and oxygen atoms in total. The molecule has 2 aliphatic rings. The van der Waals surface area contributed by atoms with Crippen molar-refractivity contribution in [3.8, 4) is 0 Å². The summed E-state index contributed by atoms with van der Waals surface area (Å²) in [6.07, 6.45) is 6.40. The molecule has 1 saturated carbocycles. The molecule has 0 bridgehead atoms. The number of carbonyl (C=O) groups excluding carboxylic acids is 1. The number of aromatic nitrogens is 2. The third kappa shape index (κ3) is 2.43. The smallest absolute Gasteiger partial charge is 0.309 e. The first kappa shape index (κ1) is 14.1. The van der Waals surface area contributed by atoms with Crippen LogP contribution in [0.3, 0.4) is 0 Å². The number of piperidine rings is 1. The highest BCUT2D eigenvalue weighted by molar-refractivity contribution is 5.82. The van der Waals surface area contributed by atoms with Crippen molar-refractivity contribution >= 4 is 11.9 Å². The van der Waals surface area contributed by atoms with Gasteiger partial charge in [-0.2, -0.15) is 0 Å². The van der Waals surface area contributed by atoms with Crippen LogP contribution in [-0.4, -0.2) is 37.5 Å². The number of imidazole rings is 1. The Balaban J connectivity index is 2.01. The van der Waals surface area contributed by atoms with Gasteiger partial charge in [-0.05, 0) is 32.1 Å². The van der Waals surface area contributed by atoms with Crippen LogP contribution in [0.4, 0.5) is 0 Å². The second kappa shape index (κ2) is 5.16. The second-order valence-corrected chi connectivity index (χ2v) is 6.20. The number of aryl methyl sites for hydroxylation is 1. The molecule has 1 amide bonds. The van der Waals surface area contributed by atoms with Crippen molar-refractivity contribution < 1.29 is 14.7 Å². The van der Waals surface area contributed by atoms with Crippen LogP contribution in [0.15, 0.2) is 12.4 Å². The van der Waals surface area contributed by atoms with Gasteiger partial charge < -0.3 is 14.6 Å². The first-order valence-corrected chi connectivity index (χ1v) is 7.52. The molecular formula is C15H21N3O3. The summed E-state index contributed by atoms with van der Waals surface area (Å²) >= 11 is 0. The lowest BCUT2D eigenvalue weighted by Crippen LogP contribution is -2.50. The van der Waals surface area contributed by atoms with Crippen LogP contribution in [0, 0.1) is 11.8 Å². The number of carboxylic acid groups (broad SMARTS) is 1. The molecule has 6 heteroatoms. The van der Waals surface area contributed by atoms with E-state index in [1.165, 1.54) is 0 Å². The largest absolute Gasteiger partial charge is 0.481 e. The van der Waals surface area contributed by atoms with Crippen LogP contribution in [-0.2, 0) is 16.6 Å². The molecule has 2 heterocycles. The zero-order chi connectivity index (χ0) is 15.1. The molecule has 21 heavy (non-hydrogen) atoms. The van der Waals surface area contributed by atoms with Gasteiger partial charge in [0.2, 0.25) is 5.91 Å². The number of carboxylic acids is 1. The zero-order valence-electron chi connectivity index (χ0n) is 12.4. The van der Waals surface area contributed by atoms with E-state index in [1.807, 2.05) is 18.5 Å². The molecule has 1 unspecified atom stereocenters. The molecule has 1 aromatic heterocycles. The molecule has 1 aliphatic carbocycles. The van der Waals surface area contributed by atoms with E-state index in [1.54, 1.807) is 17.3 Å². The first-order valence-electron chi connectivity index (χ1n) is 7.52. The SMILES string of the molecule is CC(C1CC1)N1C(=O)CC[C@H](C(=O)O)[C@H]1c1nccn1C. The topological polar surface area (TPSA) is 75.4 Å². The molecule has 1 aromatic rings. The summed E-state index contributed by atoms with van der Waals surface area (Å²) in [5, 5.41) is 9.56. The van der Waals surface area contributed by atoms with E-state index in [9.17, 15) is 14.7 Å². The second-order valence-electron chi connectivity index (χ2n) is 6.20. The average Bonchev–Trinajstić information content (AvgIpc) is 3.20. The number of nitrogens with zero attached hydrogens (tertiary/aromatic N) is 3. The highest BCUT2D eigenvalue weighted by Gasteiger charge is 2.47. The van der Waals surface area contributed by atoms with Crippen LogP contribution >= 0.6 is 0 Å². The van der Waals surface area contributed by atoms with E-state index in [0.29, 0.717) is 24.6 Å². The monoisotopic (exact) mass is 291 g/mol. The number of hydrogen-bond acceptors (Lipinski definition) is 3. The third-order valence-electron chi connectivity index (χ3n) is 4.82. The van der Waals surface area contributed by atoms with Gasteiger partial charge in [0.05, 0.1) is 5.92 Å². The van der Waals surface area contributed by atoms with Crippen LogP contribution in [0.25, 0.3) is 0 Å². The lowest BCUT2D eigenvalue weighted by atomic mass is 9.86. The highest BCUT2D eigenvalue weighted by Crippen LogP contribution is 2.43. The summed E-state index contributed by atoms with van der Waals surface area (Å²) < 4.78 is 1.83. The highest BCUT2D eigenvalue weighted by atomic mass is 16.4. The van der Waals surface area contributed by atoms with Gasteiger partial charge in [0.15, 0.2) is 0 Å². The molecule has 0 spiro atoms. The van der Waals surface area contributed by atoms with Gasteiger partial charge in [-0.3, -0.25) is 9.59 Å². The van der Waals surface area contributed by atoms with Gasteiger partial charge in [0.1, 0.15) is 11.9 Å². The summed E-state index contributed by atoms with van der Waals surface area (Å²) in [5.74, 6) is -0.194. The normalized spacial score (nSPS) is 27.7. The number of likely N-dealkylation sites (tertiary alicyclic amines) is 1. The van der Waals surface area contributed by atoms with Crippen LogP contribution in [0.5, 0.6) is 0 Å². The molecular weight excluding hydrogens is 270 g/mol.